The molecule has 0 aromatic heterocycles. The van der Waals surface area contributed by atoms with Crippen molar-refractivity contribution < 1.29 is 178 Å². The van der Waals surface area contributed by atoms with E-state index in [2.05, 4.69) is 0 Å². The number of hydrogen-bond acceptors (Lipinski definition) is 9. The molecule has 0 amide bonds. The summed E-state index contributed by atoms with van der Waals surface area (Å²) in [4.78, 5) is 108. The van der Waals surface area contributed by atoms with Crippen LogP contribution in [-0.2, 0) is 43.2 Å². The molecule has 206 valence electrons. The molecule has 0 aliphatic carbocycles. The maximum atomic E-state index is 12.5. The van der Waals surface area contributed by atoms with Gasteiger partial charge in [0.2, 0.25) is 0 Å². The number of carboxylic acids is 9. The van der Waals surface area contributed by atoms with E-state index in [0.717, 1.165) is 0 Å². The Bertz CT molecular complexity index is 861. The van der Waals surface area contributed by atoms with Crippen LogP contribution in [0.3, 0.4) is 0 Å². The summed E-state index contributed by atoms with van der Waals surface area (Å²) in [7, 11) is 0. The summed E-state index contributed by atoms with van der Waals surface area (Å²) in [6, 6.07) is 0. The molecular formula is C19H22Na3O18+3. The molecule has 0 bridgehead atoms. The molecule has 0 saturated carbocycles. The van der Waals surface area contributed by atoms with Crippen LogP contribution in [0.1, 0.15) is 38.5 Å². The number of hydrogen-bond donors (Lipinski definition) is 9. The van der Waals surface area contributed by atoms with Crippen LogP contribution in [0.2, 0.25) is 0 Å². The molecule has 40 heavy (non-hydrogen) atoms. The average Bonchev–Trinajstić information content (AvgIpc) is 2.63. The Morgan fingerprint density at radius 3 is 0.550 bits per heavy atom. The van der Waals surface area contributed by atoms with E-state index in [4.69, 9.17) is 0 Å². The van der Waals surface area contributed by atoms with Crippen molar-refractivity contribution >= 4 is 53.7 Å². The first-order valence-corrected chi connectivity index (χ1v) is 9.71. The molecular weight excluding hydrogens is 585 g/mol. The normalized spacial score (nSPS) is 11.0. The van der Waals surface area contributed by atoms with E-state index in [0.29, 0.717) is 0 Å². The third-order valence-electron chi connectivity index (χ3n) is 5.74. The number of rotatable bonds is 18. The third kappa shape index (κ3) is 10.9. The van der Waals surface area contributed by atoms with Gasteiger partial charge in [0, 0.05) is 5.92 Å². The van der Waals surface area contributed by atoms with Crippen LogP contribution >= 0.6 is 0 Å². The summed E-state index contributed by atoms with van der Waals surface area (Å²) in [6.07, 6.45) is -12.0. The molecule has 0 radical (unpaired) electrons. The van der Waals surface area contributed by atoms with Gasteiger partial charge in [0.25, 0.3) is 0 Å². The predicted octanol–water partition coefficient (Wildman–Crippen LogP) is -10.3. The second-order valence-electron chi connectivity index (χ2n) is 8.24. The Balaban J connectivity index is -0.00000216. The van der Waals surface area contributed by atoms with Gasteiger partial charge < -0.3 is 46.0 Å². The molecule has 18 nitrogen and oxygen atoms in total. The van der Waals surface area contributed by atoms with Crippen LogP contribution in [-0.4, -0.2) is 99.7 Å². The molecule has 0 aromatic carbocycles. The van der Waals surface area contributed by atoms with E-state index in [1.807, 2.05) is 0 Å². The zero-order valence-electron chi connectivity index (χ0n) is 21.5. The molecule has 0 aromatic rings. The minimum Gasteiger partial charge on any atom is -0.481 e. The van der Waals surface area contributed by atoms with Crippen molar-refractivity contribution in [2.45, 2.75) is 38.5 Å². The number of carboxylic acid groups (broad SMARTS) is 9. The van der Waals surface area contributed by atoms with Crippen molar-refractivity contribution in [2.75, 3.05) is 0 Å². The Kier molecular flexibility index (Phi) is 20.3. The van der Waals surface area contributed by atoms with Gasteiger partial charge in [0.15, 0.2) is 0 Å². The van der Waals surface area contributed by atoms with Crippen LogP contribution in [0, 0.1) is 22.2 Å². The second-order valence-corrected chi connectivity index (χ2v) is 8.24. The molecule has 0 aliphatic heterocycles. The molecule has 0 heterocycles. The predicted molar refractivity (Wildman–Crippen MR) is 107 cm³/mol. The molecule has 9 N–H and O–H groups in total. The molecule has 0 spiro atoms. The SMILES string of the molecule is O=C(O)CC(CC(=O)O)(C(=O)O)C(C(CC(=O)O)(CC(=O)O)C(=O)O)C(CC(=O)O)(CC(=O)O)C(=O)O.[Na+].[Na+].[Na+]. The standard InChI is InChI=1S/C19H22O18.3Na/c20-7(21)1-17(14(32)33,2-8(22)23)13(18(15(34)35,3-9(24)25)4-10(26)27)19(16(36)37,5-11(28)29)6-12(30)31;;;/h13H,1-6H2,(H,20,21)(H,22,23)(H,24,25)(H,26,27)(H,28,29)(H,30,31)(H,32,33)(H,34,35)(H,36,37);;;/q;3*+1. The zero-order valence-corrected chi connectivity index (χ0v) is 27.5. The van der Waals surface area contributed by atoms with Gasteiger partial charge >= 0.3 is 142 Å². The fourth-order valence-corrected chi connectivity index (χ4v) is 4.83. The zero-order chi connectivity index (χ0) is 29.5. The van der Waals surface area contributed by atoms with Crippen LogP contribution < -0.4 is 88.7 Å². The molecule has 0 rings (SSSR count). The van der Waals surface area contributed by atoms with E-state index in [1.54, 1.807) is 0 Å². The van der Waals surface area contributed by atoms with E-state index in [-0.39, 0.29) is 88.7 Å². The van der Waals surface area contributed by atoms with Crippen molar-refractivity contribution in [3.63, 3.8) is 0 Å². The molecule has 0 aliphatic rings. The Hall–Kier alpha value is -1.77. The van der Waals surface area contributed by atoms with Gasteiger partial charge in [0.05, 0.1) is 54.8 Å². The monoisotopic (exact) mass is 607 g/mol. The minimum absolute atomic E-state index is 0. The molecule has 0 unspecified atom stereocenters. The fraction of sp³-hybridized carbons (Fsp3) is 0.526. The van der Waals surface area contributed by atoms with Crippen molar-refractivity contribution in [1.29, 1.82) is 0 Å². The summed E-state index contributed by atoms with van der Waals surface area (Å²) in [5.74, 6) is -24.5. The quantitative estimate of drug-likeness (QED) is 0.0653. The van der Waals surface area contributed by atoms with Gasteiger partial charge in [-0.3, -0.25) is 43.2 Å². The third-order valence-corrected chi connectivity index (χ3v) is 5.74. The van der Waals surface area contributed by atoms with E-state index >= 15 is 0 Å². The van der Waals surface area contributed by atoms with Crippen LogP contribution in [0.4, 0.5) is 0 Å². The Morgan fingerprint density at radius 1 is 0.350 bits per heavy atom. The fourth-order valence-electron chi connectivity index (χ4n) is 4.83. The second kappa shape index (κ2) is 17.9. The maximum Gasteiger partial charge on any atom is 1.00 e. The van der Waals surface area contributed by atoms with Crippen LogP contribution in [0.25, 0.3) is 0 Å². The van der Waals surface area contributed by atoms with Gasteiger partial charge in [-0.15, -0.1) is 0 Å². The van der Waals surface area contributed by atoms with Crippen LogP contribution in [0.15, 0.2) is 0 Å². The van der Waals surface area contributed by atoms with Gasteiger partial charge in [-0.2, -0.15) is 0 Å². The van der Waals surface area contributed by atoms with Crippen molar-refractivity contribution in [2.24, 2.45) is 22.2 Å². The maximum absolute atomic E-state index is 12.5. The largest absolute Gasteiger partial charge is 1.00 e. The minimum atomic E-state index is -3.76. The Morgan fingerprint density at radius 2 is 0.475 bits per heavy atom. The van der Waals surface area contributed by atoms with Crippen molar-refractivity contribution in [1.82, 2.24) is 0 Å². The first-order chi connectivity index (χ1) is 16.7. The smallest absolute Gasteiger partial charge is 0.481 e. The summed E-state index contributed by atoms with van der Waals surface area (Å²) >= 11 is 0. The first kappa shape index (κ1) is 45.2. The molecule has 0 fully saturated rings. The molecule has 0 atom stereocenters. The van der Waals surface area contributed by atoms with Gasteiger partial charge in [-0.1, -0.05) is 0 Å². The van der Waals surface area contributed by atoms with Crippen LogP contribution in [0.5, 0.6) is 0 Å². The first-order valence-electron chi connectivity index (χ1n) is 9.71. The van der Waals surface area contributed by atoms with Crippen molar-refractivity contribution in [3.8, 4) is 0 Å². The van der Waals surface area contributed by atoms with E-state index in [9.17, 15) is 89.1 Å². The van der Waals surface area contributed by atoms with Crippen molar-refractivity contribution in [3.05, 3.63) is 0 Å². The van der Waals surface area contributed by atoms with Gasteiger partial charge in [0.1, 0.15) is 0 Å². The summed E-state index contributed by atoms with van der Waals surface area (Å²) < 4.78 is 0. The summed E-state index contributed by atoms with van der Waals surface area (Å²) in [5, 5.41) is 86.3. The summed E-state index contributed by atoms with van der Waals surface area (Å²) in [5.41, 5.74) is -11.3. The van der Waals surface area contributed by atoms with E-state index in [1.165, 1.54) is 0 Å². The Labute approximate surface area is 289 Å². The molecule has 21 heteroatoms. The average molecular weight is 607 g/mol. The van der Waals surface area contributed by atoms with Gasteiger partial charge in [-0.25, -0.2) is 0 Å². The number of aliphatic carboxylic acids is 9. The molecule has 0 saturated heterocycles. The summed E-state index contributed by atoms with van der Waals surface area (Å²) in [6.45, 7) is 0. The topological polar surface area (TPSA) is 336 Å². The van der Waals surface area contributed by atoms with E-state index < -0.39 is 114 Å². The number of carbonyl (C=O) groups is 9. The van der Waals surface area contributed by atoms with Gasteiger partial charge in [-0.05, 0) is 0 Å².